The summed E-state index contributed by atoms with van der Waals surface area (Å²) in [7, 11) is 0. The Morgan fingerprint density at radius 1 is 0.647 bits per heavy atom. The van der Waals surface area contributed by atoms with Gasteiger partial charge in [0.2, 0.25) is 0 Å². The van der Waals surface area contributed by atoms with Crippen molar-refractivity contribution in [2.75, 3.05) is 0 Å². The van der Waals surface area contributed by atoms with Gasteiger partial charge in [-0.1, -0.05) is 115 Å². The second-order valence-electron chi connectivity index (χ2n) is 9.47. The Labute approximate surface area is 205 Å². The Bertz CT molecular complexity index is 852. The molecule has 0 saturated carbocycles. The lowest BCUT2D eigenvalue weighted by molar-refractivity contribution is 0.505. The van der Waals surface area contributed by atoms with Crippen LogP contribution in [0.4, 0.5) is 13.2 Å². The number of hydrogen-bond donors (Lipinski definition) is 0. The lowest BCUT2D eigenvalue weighted by atomic mass is 9.98. The first-order valence-corrected chi connectivity index (χ1v) is 13.5. The molecule has 0 bridgehead atoms. The van der Waals surface area contributed by atoms with Crippen LogP contribution in [0.5, 0.6) is 0 Å². The molecule has 0 N–H and O–H groups in total. The van der Waals surface area contributed by atoms with Gasteiger partial charge in [0, 0.05) is 11.1 Å². The summed E-state index contributed by atoms with van der Waals surface area (Å²) in [5, 5.41) is 0. The van der Waals surface area contributed by atoms with Crippen LogP contribution < -0.4 is 0 Å². The van der Waals surface area contributed by atoms with Crippen molar-refractivity contribution in [1.29, 1.82) is 0 Å². The van der Waals surface area contributed by atoms with E-state index >= 15 is 0 Å². The summed E-state index contributed by atoms with van der Waals surface area (Å²) in [6.07, 6.45) is 18.5. The number of rotatable bonds is 17. The first-order chi connectivity index (χ1) is 16.6. The lowest BCUT2D eigenvalue weighted by Crippen LogP contribution is -1.96. The highest BCUT2D eigenvalue weighted by atomic mass is 19.2. The van der Waals surface area contributed by atoms with Gasteiger partial charge in [0.1, 0.15) is 5.83 Å². The molecular weight excluding hydrogens is 429 g/mol. The van der Waals surface area contributed by atoms with Crippen LogP contribution >= 0.6 is 0 Å². The minimum Gasteiger partial charge on any atom is -0.207 e. The van der Waals surface area contributed by atoms with E-state index in [1.807, 2.05) is 24.3 Å². The van der Waals surface area contributed by atoms with E-state index in [1.54, 1.807) is 0 Å². The van der Waals surface area contributed by atoms with E-state index in [2.05, 4.69) is 13.8 Å². The molecule has 0 unspecified atom stereocenters. The molecule has 0 aliphatic heterocycles. The molecule has 188 valence electrons. The molecule has 3 heteroatoms. The summed E-state index contributed by atoms with van der Waals surface area (Å²) < 4.78 is 43.8. The van der Waals surface area contributed by atoms with E-state index in [1.165, 1.54) is 75.1 Å². The predicted molar refractivity (Wildman–Crippen MR) is 141 cm³/mol. The SMILES string of the molecule is CCCCCCC/C=C(/F)c1ccc(-c2ccc(CCCCCCCCCC)cc2)c(F)c1F. The van der Waals surface area contributed by atoms with Gasteiger partial charge in [-0.3, -0.25) is 0 Å². The third-order valence-corrected chi connectivity index (χ3v) is 6.55. The molecule has 0 amide bonds. The smallest absolute Gasteiger partial charge is 0.169 e. The molecule has 34 heavy (non-hydrogen) atoms. The molecule has 2 rings (SSSR count). The molecule has 0 fully saturated rings. The average Bonchev–Trinajstić information content (AvgIpc) is 2.85. The Morgan fingerprint density at radius 2 is 1.21 bits per heavy atom. The van der Waals surface area contributed by atoms with Gasteiger partial charge >= 0.3 is 0 Å². The second kappa shape index (κ2) is 16.6. The third kappa shape index (κ3) is 9.68. The van der Waals surface area contributed by atoms with Gasteiger partial charge in [0.05, 0.1) is 0 Å². The molecule has 0 radical (unpaired) electrons. The zero-order chi connectivity index (χ0) is 24.6. The highest BCUT2D eigenvalue weighted by Crippen LogP contribution is 2.30. The number of unbranched alkanes of at least 4 members (excludes halogenated alkanes) is 12. The average molecular weight is 473 g/mol. The number of halogens is 3. The minimum absolute atomic E-state index is 0.173. The van der Waals surface area contributed by atoms with Gasteiger partial charge in [-0.25, -0.2) is 13.2 Å². The van der Waals surface area contributed by atoms with Crippen LogP contribution in [-0.2, 0) is 6.42 Å². The summed E-state index contributed by atoms with van der Waals surface area (Å²) in [5.41, 5.74) is 1.71. The van der Waals surface area contributed by atoms with Gasteiger partial charge in [-0.15, -0.1) is 0 Å². The fraction of sp³-hybridized carbons (Fsp3) is 0.548. The normalized spacial score (nSPS) is 11.9. The Kier molecular flexibility index (Phi) is 13.7. The molecule has 0 aliphatic carbocycles. The molecule has 0 nitrogen and oxygen atoms in total. The van der Waals surface area contributed by atoms with Gasteiger partial charge in [-0.05, 0) is 49.0 Å². The van der Waals surface area contributed by atoms with Crippen molar-refractivity contribution in [2.45, 2.75) is 110 Å². The summed E-state index contributed by atoms with van der Waals surface area (Å²) in [6, 6.07) is 10.5. The fourth-order valence-electron chi connectivity index (χ4n) is 4.36. The summed E-state index contributed by atoms with van der Waals surface area (Å²) in [4.78, 5) is 0. The standard InChI is InChI=1S/C31H43F3/c1-3-5-7-9-11-12-13-15-17-25-19-21-26(22-20-25)27-23-24-28(31(34)30(27)33)29(32)18-16-14-10-8-6-4-2/h18-24H,3-17H2,1-2H3/b29-18+. The summed E-state index contributed by atoms with van der Waals surface area (Å²) in [6.45, 7) is 4.38. The largest absolute Gasteiger partial charge is 0.207 e. The molecule has 0 aliphatic rings. The fourth-order valence-corrected chi connectivity index (χ4v) is 4.36. The van der Waals surface area contributed by atoms with Crippen LogP contribution in [0.2, 0.25) is 0 Å². The monoisotopic (exact) mass is 472 g/mol. The topological polar surface area (TPSA) is 0 Å². The first-order valence-electron chi connectivity index (χ1n) is 13.5. The molecule has 0 spiro atoms. The van der Waals surface area contributed by atoms with Crippen LogP contribution in [0.1, 0.15) is 115 Å². The Hall–Kier alpha value is -2.03. The highest BCUT2D eigenvalue weighted by molar-refractivity contribution is 5.69. The number of allylic oxidation sites excluding steroid dienone is 1. The van der Waals surface area contributed by atoms with Gasteiger partial charge in [-0.2, -0.15) is 0 Å². The van der Waals surface area contributed by atoms with E-state index in [-0.39, 0.29) is 11.1 Å². The van der Waals surface area contributed by atoms with Crippen molar-refractivity contribution in [1.82, 2.24) is 0 Å². The van der Waals surface area contributed by atoms with E-state index < -0.39 is 17.5 Å². The molecule has 2 aromatic rings. The van der Waals surface area contributed by atoms with E-state index in [9.17, 15) is 13.2 Å². The van der Waals surface area contributed by atoms with Crippen LogP contribution in [0.25, 0.3) is 17.0 Å². The molecule has 0 heterocycles. The zero-order valence-electron chi connectivity index (χ0n) is 21.3. The highest BCUT2D eigenvalue weighted by Gasteiger charge is 2.17. The zero-order valence-corrected chi connectivity index (χ0v) is 21.3. The maximum atomic E-state index is 14.8. The van der Waals surface area contributed by atoms with E-state index in [0.717, 1.165) is 38.5 Å². The van der Waals surface area contributed by atoms with Gasteiger partial charge in [0.15, 0.2) is 11.6 Å². The number of aryl methyl sites for hydroxylation is 1. The molecular formula is C31H43F3. The number of hydrogen-bond acceptors (Lipinski definition) is 0. The van der Waals surface area contributed by atoms with Crippen molar-refractivity contribution < 1.29 is 13.2 Å². The summed E-state index contributed by atoms with van der Waals surface area (Å²) >= 11 is 0. The Balaban J connectivity index is 1.88. The summed E-state index contributed by atoms with van der Waals surface area (Å²) in [5.74, 6) is -2.78. The van der Waals surface area contributed by atoms with E-state index in [0.29, 0.717) is 12.0 Å². The van der Waals surface area contributed by atoms with Crippen molar-refractivity contribution in [3.8, 4) is 11.1 Å². The third-order valence-electron chi connectivity index (χ3n) is 6.55. The molecule has 2 aromatic carbocycles. The van der Waals surface area contributed by atoms with Crippen LogP contribution in [0.3, 0.4) is 0 Å². The molecule has 0 aromatic heterocycles. The first kappa shape index (κ1) is 28.2. The molecule has 0 atom stereocenters. The second-order valence-corrected chi connectivity index (χ2v) is 9.47. The van der Waals surface area contributed by atoms with Crippen molar-refractivity contribution in [3.05, 3.63) is 65.2 Å². The minimum atomic E-state index is -1.11. The maximum Gasteiger partial charge on any atom is 0.169 e. The van der Waals surface area contributed by atoms with Gasteiger partial charge in [0.25, 0.3) is 0 Å². The van der Waals surface area contributed by atoms with Crippen LogP contribution in [0, 0.1) is 11.6 Å². The lowest BCUT2D eigenvalue weighted by Gasteiger charge is -2.09. The van der Waals surface area contributed by atoms with Crippen molar-refractivity contribution in [2.24, 2.45) is 0 Å². The molecule has 0 saturated heterocycles. The van der Waals surface area contributed by atoms with Crippen molar-refractivity contribution >= 4 is 5.83 Å². The van der Waals surface area contributed by atoms with Crippen LogP contribution in [0.15, 0.2) is 42.5 Å². The maximum absolute atomic E-state index is 14.8. The number of benzene rings is 2. The Morgan fingerprint density at radius 3 is 1.82 bits per heavy atom. The predicted octanol–water partition coefficient (Wildman–Crippen LogP) is 11.0. The quantitative estimate of drug-likeness (QED) is 0.201. The van der Waals surface area contributed by atoms with E-state index in [4.69, 9.17) is 0 Å². The van der Waals surface area contributed by atoms with Crippen LogP contribution in [-0.4, -0.2) is 0 Å². The van der Waals surface area contributed by atoms with Gasteiger partial charge < -0.3 is 0 Å². The van der Waals surface area contributed by atoms with Crippen molar-refractivity contribution in [3.63, 3.8) is 0 Å².